The van der Waals surface area contributed by atoms with Crippen LogP contribution in [0.1, 0.15) is 24.1 Å². The van der Waals surface area contributed by atoms with Crippen molar-refractivity contribution in [2.75, 3.05) is 13.7 Å². The molecular weight excluding hydrogens is 287 g/mol. The Morgan fingerprint density at radius 1 is 1.43 bits per heavy atom. The summed E-state index contributed by atoms with van der Waals surface area (Å²) in [5, 5.41) is 7.12. The minimum absolute atomic E-state index is 0.0680. The van der Waals surface area contributed by atoms with Crippen molar-refractivity contribution < 1.29 is 27.8 Å². The van der Waals surface area contributed by atoms with Gasteiger partial charge in [-0.2, -0.15) is 13.2 Å². The number of carboxylic acid groups (broad SMARTS) is 1. The molecule has 0 fully saturated rings. The third kappa shape index (κ3) is 8.11. The molecule has 0 aromatic heterocycles. The van der Waals surface area contributed by atoms with Crippen LogP contribution in [0.3, 0.4) is 0 Å². The van der Waals surface area contributed by atoms with Gasteiger partial charge in [-0.05, 0) is 18.1 Å². The highest BCUT2D eigenvalue weighted by Crippen LogP contribution is 2.16. The van der Waals surface area contributed by atoms with Crippen LogP contribution in [0, 0.1) is 0 Å². The monoisotopic (exact) mass is 305 g/mol. The molecule has 3 N–H and O–H groups in total. The number of carboxylic acids is 1. The van der Waals surface area contributed by atoms with Gasteiger partial charge in [0.05, 0.1) is 6.61 Å². The maximum absolute atomic E-state index is 10.6. The highest BCUT2D eigenvalue weighted by atomic mass is 19.4. The van der Waals surface area contributed by atoms with E-state index in [2.05, 4.69) is 12.1 Å². The molecule has 0 bridgehead atoms. The second-order valence-electron chi connectivity index (χ2n) is 4.08. The van der Waals surface area contributed by atoms with Gasteiger partial charge in [0.15, 0.2) is 0 Å². The first-order chi connectivity index (χ1) is 9.70. The fourth-order valence-electron chi connectivity index (χ4n) is 1.35. The van der Waals surface area contributed by atoms with Gasteiger partial charge in [0.25, 0.3) is 0 Å². The Labute approximate surface area is 121 Å². The lowest BCUT2D eigenvalue weighted by molar-refractivity contribution is -0.192. The van der Waals surface area contributed by atoms with E-state index < -0.39 is 12.1 Å². The van der Waals surface area contributed by atoms with Gasteiger partial charge in [0, 0.05) is 13.2 Å². The molecule has 0 spiro atoms. The van der Waals surface area contributed by atoms with Gasteiger partial charge < -0.3 is 15.6 Å². The fraction of sp³-hybridized carbons (Fsp3) is 0.357. The molecule has 0 aliphatic rings. The fourth-order valence-corrected chi connectivity index (χ4v) is 1.35. The topological polar surface area (TPSA) is 72.5 Å². The predicted molar refractivity (Wildman–Crippen MR) is 73.6 cm³/mol. The van der Waals surface area contributed by atoms with Gasteiger partial charge in [0.1, 0.15) is 0 Å². The molecule has 1 rings (SSSR count). The molecule has 0 saturated heterocycles. The van der Waals surface area contributed by atoms with Crippen LogP contribution in [-0.4, -0.2) is 31.0 Å². The van der Waals surface area contributed by atoms with Crippen molar-refractivity contribution in [1.82, 2.24) is 0 Å². The second kappa shape index (κ2) is 9.15. The minimum Gasteiger partial charge on any atom is -0.475 e. The molecule has 7 heteroatoms. The van der Waals surface area contributed by atoms with E-state index in [0.29, 0.717) is 6.61 Å². The van der Waals surface area contributed by atoms with Crippen LogP contribution in [0.15, 0.2) is 30.3 Å². The molecule has 0 saturated carbocycles. The van der Waals surface area contributed by atoms with Gasteiger partial charge in [-0.25, -0.2) is 4.79 Å². The standard InChI is InChI=1S/C12H17NO.C2HF3O2/c1-10(13)12-8-4-3-6-11(12)7-5-9-14-2;3-2(4,5)1(6)7/h3-8,10H,9,13H2,1-2H3;(H,6,7)/b7-5+;/t10-;/m0./s1. The summed E-state index contributed by atoms with van der Waals surface area (Å²) < 4.78 is 36.7. The van der Waals surface area contributed by atoms with E-state index in [1.54, 1.807) is 7.11 Å². The molecule has 1 aromatic rings. The van der Waals surface area contributed by atoms with Gasteiger partial charge in [0.2, 0.25) is 0 Å². The lowest BCUT2D eigenvalue weighted by Crippen LogP contribution is -2.21. The summed E-state index contributed by atoms with van der Waals surface area (Å²) in [6.07, 6.45) is -1.05. The van der Waals surface area contributed by atoms with Crippen LogP contribution < -0.4 is 5.73 Å². The SMILES string of the molecule is COC/C=C/c1ccccc1[C@H](C)N.O=C(O)C(F)(F)F. The number of benzene rings is 1. The number of rotatable bonds is 4. The van der Waals surface area contributed by atoms with Crippen LogP contribution in [0.4, 0.5) is 13.2 Å². The van der Waals surface area contributed by atoms with Crippen LogP contribution in [-0.2, 0) is 9.53 Å². The molecule has 118 valence electrons. The van der Waals surface area contributed by atoms with Crippen molar-refractivity contribution in [1.29, 1.82) is 0 Å². The Kier molecular flexibility index (Phi) is 8.34. The van der Waals surface area contributed by atoms with Crippen LogP contribution in [0.2, 0.25) is 0 Å². The summed E-state index contributed by atoms with van der Waals surface area (Å²) in [4.78, 5) is 8.90. The number of carbonyl (C=O) groups is 1. The lowest BCUT2D eigenvalue weighted by atomic mass is 10.0. The number of halogens is 3. The molecule has 0 amide bonds. The predicted octanol–water partition coefficient (Wildman–Crippen LogP) is 3.00. The Morgan fingerprint density at radius 2 is 1.95 bits per heavy atom. The summed E-state index contributed by atoms with van der Waals surface area (Å²) in [6, 6.07) is 8.20. The van der Waals surface area contributed by atoms with Gasteiger partial charge >= 0.3 is 12.1 Å². The molecule has 1 atom stereocenters. The zero-order chi connectivity index (χ0) is 16.5. The Balaban J connectivity index is 0.000000486. The third-order valence-electron chi connectivity index (χ3n) is 2.29. The van der Waals surface area contributed by atoms with Crippen molar-refractivity contribution >= 4 is 12.0 Å². The van der Waals surface area contributed by atoms with Crippen molar-refractivity contribution in [2.24, 2.45) is 5.73 Å². The molecule has 1 aromatic carbocycles. The normalized spacial score (nSPS) is 12.7. The Hall–Kier alpha value is -1.86. The third-order valence-corrected chi connectivity index (χ3v) is 2.29. The quantitative estimate of drug-likeness (QED) is 0.897. The highest BCUT2D eigenvalue weighted by Gasteiger charge is 2.38. The summed E-state index contributed by atoms with van der Waals surface area (Å²) in [5.41, 5.74) is 8.19. The number of ether oxygens (including phenoxy) is 1. The molecule has 0 radical (unpaired) electrons. The molecule has 0 aliphatic heterocycles. The average Bonchev–Trinajstić information content (AvgIpc) is 2.39. The molecule has 21 heavy (non-hydrogen) atoms. The van der Waals surface area contributed by atoms with E-state index in [4.69, 9.17) is 20.4 Å². The second-order valence-corrected chi connectivity index (χ2v) is 4.08. The number of aliphatic carboxylic acids is 1. The number of methoxy groups -OCH3 is 1. The number of hydrogen-bond donors (Lipinski definition) is 2. The van der Waals surface area contributed by atoms with E-state index in [1.165, 1.54) is 11.1 Å². The summed E-state index contributed by atoms with van der Waals surface area (Å²) in [6.45, 7) is 2.62. The van der Waals surface area contributed by atoms with Crippen molar-refractivity contribution in [2.45, 2.75) is 19.1 Å². The zero-order valence-electron chi connectivity index (χ0n) is 11.7. The van der Waals surface area contributed by atoms with Crippen molar-refractivity contribution in [3.05, 3.63) is 41.5 Å². The van der Waals surface area contributed by atoms with E-state index in [0.717, 1.165) is 0 Å². The molecule has 0 unspecified atom stereocenters. The lowest BCUT2D eigenvalue weighted by Gasteiger charge is -2.08. The molecule has 0 aliphatic carbocycles. The summed E-state index contributed by atoms with van der Waals surface area (Å²) in [5.74, 6) is -2.76. The number of nitrogens with two attached hydrogens (primary N) is 1. The molecule has 4 nitrogen and oxygen atoms in total. The van der Waals surface area contributed by atoms with E-state index in [1.807, 2.05) is 31.2 Å². The van der Waals surface area contributed by atoms with Crippen LogP contribution in [0.25, 0.3) is 6.08 Å². The first kappa shape index (κ1) is 19.1. The smallest absolute Gasteiger partial charge is 0.475 e. The van der Waals surface area contributed by atoms with E-state index in [-0.39, 0.29) is 6.04 Å². The first-order valence-electron chi connectivity index (χ1n) is 6.00. The maximum atomic E-state index is 10.6. The minimum atomic E-state index is -5.08. The van der Waals surface area contributed by atoms with Gasteiger partial charge in [-0.3, -0.25) is 0 Å². The summed E-state index contributed by atoms with van der Waals surface area (Å²) >= 11 is 0. The van der Waals surface area contributed by atoms with Crippen molar-refractivity contribution in [3.63, 3.8) is 0 Å². The van der Waals surface area contributed by atoms with Crippen LogP contribution in [0.5, 0.6) is 0 Å². The summed E-state index contributed by atoms with van der Waals surface area (Å²) in [7, 11) is 1.68. The average molecular weight is 305 g/mol. The first-order valence-corrected chi connectivity index (χ1v) is 6.00. The molecular formula is C14H18F3NO3. The number of alkyl halides is 3. The van der Waals surface area contributed by atoms with Gasteiger partial charge in [-0.1, -0.05) is 36.4 Å². The van der Waals surface area contributed by atoms with E-state index >= 15 is 0 Å². The van der Waals surface area contributed by atoms with E-state index in [9.17, 15) is 13.2 Å². The maximum Gasteiger partial charge on any atom is 0.490 e. The largest absolute Gasteiger partial charge is 0.490 e. The zero-order valence-corrected chi connectivity index (χ0v) is 11.7. The Bertz CT molecular complexity index is 471. The van der Waals surface area contributed by atoms with Crippen LogP contribution >= 0.6 is 0 Å². The van der Waals surface area contributed by atoms with Crippen molar-refractivity contribution in [3.8, 4) is 0 Å². The molecule has 0 heterocycles. The Morgan fingerprint density at radius 3 is 2.38 bits per heavy atom. The number of hydrogen-bond acceptors (Lipinski definition) is 3. The highest BCUT2D eigenvalue weighted by molar-refractivity contribution is 5.73. The van der Waals surface area contributed by atoms with Gasteiger partial charge in [-0.15, -0.1) is 0 Å².